The van der Waals surface area contributed by atoms with Crippen molar-refractivity contribution in [1.82, 2.24) is 9.97 Å². The number of nitrogens with one attached hydrogen (secondary N) is 1. The lowest BCUT2D eigenvalue weighted by Crippen LogP contribution is -2.05. The first-order chi connectivity index (χ1) is 8.19. The van der Waals surface area contributed by atoms with Crippen LogP contribution >= 0.6 is 27.7 Å². The fraction of sp³-hybridized carbons (Fsp3) is 0.0909. The molecule has 0 aliphatic heterocycles. The lowest BCUT2D eigenvalue weighted by Gasteiger charge is -2.06. The highest BCUT2D eigenvalue weighted by Gasteiger charge is 2.06. The zero-order valence-corrected chi connectivity index (χ0v) is 11.1. The average Bonchev–Trinajstić information content (AvgIpc) is 2.29. The summed E-state index contributed by atoms with van der Waals surface area (Å²) >= 11 is 4.68. The van der Waals surface area contributed by atoms with E-state index in [2.05, 4.69) is 25.9 Å². The number of rotatable bonds is 3. The normalized spacial score (nSPS) is 10.5. The quantitative estimate of drug-likeness (QED) is 0.853. The van der Waals surface area contributed by atoms with Crippen LogP contribution in [-0.2, 0) is 6.61 Å². The van der Waals surface area contributed by atoms with Gasteiger partial charge in [-0.1, -0.05) is 33.8 Å². The Morgan fingerprint density at radius 1 is 1.41 bits per heavy atom. The first kappa shape index (κ1) is 12.3. The SMILES string of the molecule is O=c1ccnc(Sc2cc(Br)ccc2CO)[nH]1. The molecule has 1 heterocycles. The summed E-state index contributed by atoms with van der Waals surface area (Å²) in [5, 5.41) is 9.73. The molecule has 88 valence electrons. The number of H-pyrrole nitrogens is 1. The van der Waals surface area contributed by atoms with Gasteiger partial charge >= 0.3 is 0 Å². The van der Waals surface area contributed by atoms with Crippen LogP contribution in [0.5, 0.6) is 0 Å². The Kier molecular flexibility index (Phi) is 3.98. The van der Waals surface area contributed by atoms with Crippen molar-refractivity contribution in [3.63, 3.8) is 0 Å². The smallest absolute Gasteiger partial charge is 0.251 e. The van der Waals surface area contributed by atoms with Crippen molar-refractivity contribution in [3.8, 4) is 0 Å². The largest absolute Gasteiger partial charge is 0.392 e. The number of benzene rings is 1. The van der Waals surface area contributed by atoms with Crippen LogP contribution in [0.1, 0.15) is 5.56 Å². The minimum Gasteiger partial charge on any atom is -0.392 e. The second-order valence-electron chi connectivity index (χ2n) is 3.25. The molecule has 17 heavy (non-hydrogen) atoms. The predicted molar refractivity (Wildman–Crippen MR) is 69.0 cm³/mol. The summed E-state index contributed by atoms with van der Waals surface area (Å²) in [7, 11) is 0. The van der Waals surface area contributed by atoms with Gasteiger partial charge < -0.3 is 10.1 Å². The van der Waals surface area contributed by atoms with Gasteiger partial charge in [0.1, 0.15) is 0 Å². The van der Waals surface area contributed by atoms with E-state index in [0.717, 1.165) is 14.9 Å². The zero-order chi connectivity index (χ0) is 12.3. The van der Waals surface area contributed by atoms with Gasteiger partial charge in [0, 0.05) is 21.6 Å². The molecule has 6 heteroatoms. The summed E-state index contributed by atoms with van der Waals surface area (Å²) in [6.07, 6.45) is 1.46. The third-order valence-corrected chi connectivity index (χ3v) is 3.55. The molecule has 2 aromatic rings. The third kappa shape index (κ3) is 3.18. The monoisotopic (exact) mass is 312 g/mol. The molecule has 1 aromatic carbocycles. The van der Waals surface area contributed by atoms with Crippen molar-refractivity contribution in [2.24, 2.45) is 0 Å². The summed E-state index contributed by atoms with van der Waals surface area (Å²) in [6, 6.07) is 6.92. The maximum Gasteiger partial charge on any atom is 0.251 e. The van der Waals surface area contributed by atoms with Gasteiger partial charge in [0.25, 0.3) is 5.56 Å². The highest BCUT2D eigenvalue weighted by atomic mass is 79.9. The summed E-state index contributed by atoms with van der Waals surface area (Å²) in [4.78, 5) is 18.7. The van der Waals surface area contributed by atoms with Crippen molar-refractivity contribution in [2.45, 2.75) is 16.7 Å². The van der Waals surface area contributed by atoms with Gasteiger partial charge in [-0.3, -0.25) is 4.79 Å². The molecule has 0 aliphatic carbocycles. The minimum absolute atomic E-state index is 0.0489. The molecular weight excluding hydrogens is 304 g/mol. The Hall–Kier alpha value is -1.11. The van der Waals surface area contributed by atoms with E-state index in [1.807, 2.05) is 18.2 Å². The minimum atomic E-state index is -0.192. The van der Waals surface area contributed by atoms with Crippen LogP contribution in [0.15, 0.2) is 49.8 Å². The number of aromatic nitrogens is 2. The van der Waals surface area contributed by atoms with E-state index < -0.39 is 0 Å². The second-order valence-corrected chi connectivity index (χ2v) is 5.20. The van der Waals surface area contributed by atoms with Gasteiger partial charge in [-0.15, -0.1) is 0 Å². The Morgan fingerprint density at radius 3 is 2.94 bits per heavy atom. The molecule has 1 aromatic heterocycles. The van der Waals surface area contributed by atoms with Gasteiger partial charge in [-0.25, -0.2) is 4.98 Å². The van der Waals surface area contributed by atoms with Crippen LogP contribution < -0.4 is 5.56 Å². The summed E-state index contributed by atoms with van der Waals surface area (Å²) in [5.41, 5.74) is 0.604. The number of aliphatic hydroxyl groups excluding tert-OH is 1. The molecule has 2 N–H and O–H groups in total. The highest BCUT2D eigenvalue weighted by Crippen LogP contribution is 2.30. The number of halogens is 1. The lowest BCUT2D eigenvalue weighted by atomic mass is 10.2. The maximum absolute atomic E-state index is 11.1. The molecule has 0 aliphatic rings. The molecule has 0 spiro atoms. The van der Waals surface area contributed by atoms with E-state index in [-0.39, 0.29) is 12.2 Å². The van der Waals surface area contributed by atoms with Gasteiger partial charge in [0.15, 0.2) is 5.16 Å². The molecule has 0 radical (unpaired) electrons. The molecule has 0 atom stereocenters. The average molecular weight is 313 g/mol. The van der Waals surface area contributed by atoms with Crippen LogP contribution in [-0.4, -0.2) is 15.1 Å². The fourth-order valence-corrected chi connectivity index (χ4v) is 2.70. The maximum atomic E-state index is 11.1. The molecule has 0 amide bonds. The molecule has 0 saturated heterocycles. The fourth-order valence-electron chi connectivity index (χ4n) is 1.26. The van der Waals surface area contributed by atoms with E-state index in [1.54, 1.807) is 0 Å². The highest BCUT2D eigenvalue weighted by molar-refractivity contribution is 9.10. The van der Waals surface area contributed by atoms with Crippen LogP contribution in [0.4, 0.5) is 0 Å². The van der Waals surface area contributed by atoms with E-state index >= 15 is 0 Å². The molecular formula is C11H9BrN2O2S. The van der Waals surface area contributed by atoms with Crippen molar-refractivity contribution < 1.29 is 5.11 Å². The number of hydrogen-bond acceptors (Lipinski definition) is 4. The number of aliphatic hydroxyl groups is 1. The lowest BCUT2D eigenvalue weighted by molar-refractivity contribution is 0.279. The van der Waals surface area contributed by atoms with Crippen LogP contribution in [0, 0.1) is 0 Å². The Bertz CT molecular complexity index is 586. The number of aromatic amines is 1. The molecule has 0 bridgehead atoms. The Balaban J connectivity index is 2.35. The van der Waals surface area contributed by atoms with Crippen LogP contribution in [0.2, 0.25) is 0 Å². The van der Waals surface area contributed by atoms with E-state index in [4.69, 9.17) is 0 Å². The third-order valence-electron chi connectivity index (χ3n) is 2.05. The molecule has 0 unspecified atom stereocenters. The van der Waals surface area contributed by atoms with Crippen molar-refractivity contribution in [3.05, 3.63) is 50.9 Å². The second kappa shape index (κ2) is 5.48. The summed E-state index contributed by atoms with van der Waals surface area (Å²) in [5.74, 6) is 0. The van der Waals surface area contributed by atoms with E-state index in [1.165, 1.54) is 24.0 Å². The first-order valence-corrected chi connectivity index (χ1v) is 6.42. The van der Waals surface area contributed by atoms with Gasteiger partial charge in [-0.05, 0) is 17.7 Å². The van der Waals surface area contributed by atoms with Gasteiger partial charge in [0.05, 0.1) is 6.61 Å². The predicted octanol–water partition coefficient (Wildman–Crippen LogP) is 2.18. The number of hydrogen-bond donors (Lipinski definition) is 2. The standard InChI is InChI=1S/C11H9BrN2O2S/c12-8-2-1-7(6-15)9(5-8)17-11-13-4-3-10(16)14-11/h1-5,15H,6H2,(H,13,14,16). The summed E-state index contributed by atoms with van der Waals surface area (Å²) < 4.78 is 0.912. The Labute approximate surface area is 110 Å². The van der Waals surface area contributed by atoms with Crippen LogP contribution in [0.3, 0.4) is 0 Å². The molecule has 0 fully saturated rings. The summed E-state index contributed by atoms with van der Waals surface area (Å²) in [6.45, 7) is -0.0489. The topological polar surface area (TPSA) is 66.0 Å². The number of nitrogens with zero attached hydrogens (tertiary/aromatic N) is 1. The van der Waals surface area contributed by atoms with Crippen molar-refractivity contribution >= 4 is 27.7 Å². The molecule has 2 rings (SSSR count). The van der Waals surface area contributed by atoms with E-state index in [9.17, 15) is 9.90 Å². The van der Waals surface area contributed by atoms with Gasteiger partial charge in [-0.2, -0.15) is 0 Å². The van der Waals surface area contributed by atoms with Crippen LogP contribution in [0.25, 0.3) is 0 Å². The van der Waals surface area contributed by atoms with Gasteiger partial charge in [0.2, 0.25) is 0 Å². The zero-order valence-electron chi connectivity index (χ0n) is 8.68. The molecule has 4 nitrogen and oxygen atoms in total. The molecule has 0 saturated carbocycles. The Morgan fingerprint density at radius 2 is 2.24 bits per heavy atom. The van der Waals surface area contributed by atoms with Crippen molar-refractivity contribution in [1.29, 1.82) is 0 Å². The first-order valence-electron chi connectivity index (χ1n) is 4.81. The van der Waals surface area contributed by atoms with E-state index in [0.29, 0.717) is 5.16 Å². The van der Waals surface area contributed by atoms with Crippen molar-refractivity contribution in [2.75, 3.05) is 0 Å².